The number of methoxy groups -OCH3 is 1. The van der Waals surface area contributed by atoms with Crippen molar-refractivity contribution in [1.29, 1.82) is 0 Å². The summed E-state index contributed by atoms with van der Waals surface area (Å²) in [5, 5.41) is 6.14. The van der Waals surface area contributed by atoms with E-state index in [1.807, 2.05) is 45.0 Å². The number of ether oxygens (including phenoxy) is 3. The Kier molecular flexibility index (Phi) is 9.94. The van der Waals surface area contributed by atoms with Gasteiger partial charge < -0.3 is 24.8 Å². The summed E-state index contributed by atoms with van der Waals surface area (Å²) in [6, 6.07) is 14.7. The first kappa shape index (κ1) is 29.7. The topological polar surface area (TPSA) is 98.2 Å². The quantitative estimate of drug-likeness (QED) is 0.232. The number of anilines is 1. The number of aliphatic imine (C=N–C) groups is 1. The summed E-state index contributed by atoms with van der Waals surface area (Å²) in [4.78, 5) is 30.2. The number of thioether (sulfide) groups is 1. The Morgan fingerprint density at radius 1 is 1.05 bits per heavy atom. The van der Waals surface area contributed by atoms with E-state index >= 15 is 0 Å². The molecule has 0 aliphatic carbocycles. The molecule has 2 N–H and O–H groups in total. The summed E-state index contributed by atoms with van der Waals surface area (Å²) in [5.41, 5.74) is 4.27. The van der Waals surface area contributed by atoms with E-state index in [1.54, 1.807) is 37.5 Å². The van der Waals surface area contributed by atoms with Gasteiger partial charge in [0.05, 0.1) is 34.5 Å². The van der Waals surface area contributed by atoms with Crippen molar-refractivity contribution in [3.63, 3.8) is 0 Å². The fourth-order valence-electron chi connectivity index (χ4n) is 3.68. The third kappa shape index (κ3) is 7.47. The fraction of sp³-hybridized carbons (Fsp3) is 0.207. The van der Waals surface area contributed by atoms with Crippen molar-refractivity contribution >= 4 is 78.1 Å². The lowest BCUT2D eigenvalue weighted by atomic mass is 10.1. The van der Waals surface area contributed by atoms with Gasteiger partial charge in [0, 0.05) is 4.47 Å². The highest BCUT2D eigenvalue weighted by molar-refractivity contribution is 9.11. The molecular weight excluding hydrogens is 662 g/mol. The molecule has 4 rings (SSSR count). The predicted octanol–water partition coefficient (Wildman–Crippen LogP) is 7.14. The van der Waals surface area contributed by atoms with Crippen LogP contribution in [0.4, 0.5) is 11.4 Å². The fourth-order valence-corrected chi connectivity index (χ4v) is 5.65. The number of rotatable bonds is 9. The molecule has 208 valence electrons. The van der Waals surface area contributed by atoms with E-state index in [1.165, 1.54) is 11.8 Å². The van der Waals surface area contributed by atoms with Gasteiger partial charge in [-0.3, -0.25) is 9.59 Å². The monoisotopic (exact) mass is 687 g/mol. The van der Waals surface area contributed by atoms with Crippen LogP contribution in [0.5, 0.6) is 17.2 Å². The Morgan fingerprint density at radius 3 is 2.48 bits per heavy atom. The summed E-state index contributed by atoms with van der Waals surface area (Å²) in [6.45, 7) is 6.02. The zero-order chi connectivity index (χ0) is 28.8. The molecule has 40 heavy (non-hydrogen) atoms. The molecule has 0 bridgehead atoms. The predicted molar refractivity (Wildman–Crippen MR) is 167 cm³/mol. The van der Waals surface area contributed by atoms with Gasteiger partial charge in [0.1, 0.15) is 5.75 Å². The molecule has 0 atom stereocenters. The second-order valence-electron chi connectivity index (χ2n) is 8.70. The number of hydrogen-bond acceptors (Lipinski definition) is 7. The van der Waals surface area contributed by atoms with E-state index in [0.717, 1.165) is 26.9 Å². The highest BCUT2D eigenvalue weighted by atomic mass is 79.9. The maximum absolute atomic E-state index is 12.7. The molecule has 1 saturated heterocycles. The van der Waals surface area contributed by atoms with Gasteiger partial charge in [-0.05, 0) is 136 Å². The minimum atomic E-state index is -0.313. The lowest BCUT2D eigenvalue weighted by molar-refractivity contribution is -0.118. The Balaban J connectivity index is 1.48. The number of amides is 2. The highest BCUT2D eigenvalue weighted by Crippen LogP contribution is 2.39. The minimum Gasteiger partial charge on any atom is -0.497 e. The zero-order valence-corrected chi connectivity index (χ0v) is 26.3. The maximum Gasteiger partial charge on any atom is 0.264 e. The molecule has 2 amide bonds. The lowest BCUT2D eigenvalue weighted by Gasteiger charge is -2.15. The Labute approximate surface area is 253 Å². The SMILES string of the molecule is CCOc1cc(/C=C2/SC(=Nc3ccc(OC)cc3)NC2=O)cc(Br)c1OCC(=O)Nc1cc(C)c(C)cc1Br. The third-order valence-corrected chi connectivity index (χ3v) is 7.94. The number of carbonyl (C=O) groups excluding carboxylic acids is 2. The van der Waals surface area contributed by atoms with Gasteiger partial charge in [-0.25, -0.2) is 4.99 Å². The Morgan fingerprint density at radius 2 is 1.77 bits per heavy atom. The van der Waals surface area contributed by atoms with Crippen LogP contribution < -0.4 is 24.8 Å². The van der Waals surface area contributed by atoms with E-state index in [-0.39, 0.29) is 18.4 Å². The average molecular weight is 689 g/mol. The number of halogens is 2. The van der Waals surface area contributed by atoms with Gasteiger partial charge in [0.15, 0.2) is 23.3 Å². The van der Waals surface area contributed by atoms with E-state index in [9.17, 15) is 9.59 Å². The van der Waals surface area contributed by atoms with Crippen molar-refractivity contribution in [1.82, 2.24) is 5.32 Å². The van der Waals surface area contributed by atoms with Crippen molar-refractivity contribution in [2.24, 2.45) is 4.99 Å². The average Bonchev–Trinajstić information content (AvgIpc) is 3.25. The number of nitrogens with one attached hydrogen (secondary N) is 2. The van der Waals surface area contributed by atoms with Crippen molar-refractivity contribution in [2.45, 2.75) is 20.8 Å². The van der Waals surface area contributed by atoms with E-state index in [2.05, 4.69) is 47.5 Å². The van der Waals surface area contributed by atoms with E-state index < -0.39 is 0 Å². The number of nitrogens with zero attached hydrogens (tertiary/aromatic N) is 1. The molecule has 0 aromatic heterocycles. The van der Waals surface area contributed by atoms with Crippen molar-refractivity contribution in [2.75, 3.05) is 25.6 Å². The van der Waals surface area contributed by atoms with Gasteiger partial charge in [0.25, 0.3) is 11.8 Å². The molecule has 0 radical (unpaired) electrons. The highest BCUT2D eigenvalue weighted by Gasteiger charge is 2.24. The van der Waals surface area contributed by atoms with Crippen LogP contribution in [0, 0.1) is 13.8 Å². The summed E-state index contributed by atoms with van der Waals surface area (Å²) in [6.07, 6.45) is 1.75. The van der Waals surface area contributed by atoms with Crippen molar-refractivity contribution in [3.8, 4) is 17.2 Å². The van der Waals surface area contributed by atoms with Crippen LogP contribution in [0.2, 0.25) is 0 Å². The first-order valence-corrected chi connectivity index (χ1v) is 14.7. The first-order chi connectivity index (χ1) is 19.2. The molecule has 1 heterocycles. The summed E-state index contributed by atoms with van der Waals surface area (Å²) in [7, 11) is 1.60. The zero-order valence-electron chi connectivity index (χ0n) is 22.3. The Bertz CT molecular complexity index is 1510. The van der Waals surface area contributed by atoms with Crippen LogP contribution in [0.15, 0.2) is 67.4 Å². The van der Waals surface area contributed by atoms with Gasteiger partial charge in [-0.1, -0.05) is 0 Å². The normalized spacial score (nSPS) is 14.8. The molecule has 1 aliphatic heterocycles. The number of benzene rings is 3. The lowest BCUT2D eigenvalue weighted by Crippen LogP contribution is -2.21. The summed E-state index contributed by atoms with van der Waals surface area (Å²) < 4.78 is 18.2. The van der Waals surface area contributed by atoms with Crippen LogP contribution >= 0.6 is 43.6 Å². The molecule has 0 unspecified atom stereocenters. The van der Waals surface area contributed by atoms with Crippen LogP contribution in [-0.2, 0) is 9.59 Å². The molecule has 0 saturated carbocycles. The number of hydrogen-bond donors (Lipinski definition) is 2. The van der Waals surface area contributed by atoms with Gasteiger partial charge in [-0.2, -0.15) is 0 Å². The van der Waals surface area contributed by atoms with Gasteiger partial charge >= 0.3 is 0 Å². The summed E-state index contributed by atoms with van der Waals surface area (Å²) in [5.74, 6) is 1.00. The Hall–Kier alpha value is -3.28. The number of carbonyl (C=O) groups is 2. The van der Waals surface area contributed by atoms with Gasteiger partial charge in [0.2, 0.25) is 0 Å². The van der Waals surface area contributed by atoms with Crippen molar-refractivity contribution in [3.05, 3.63) is 79.1 Å². The molecule has 8 nitrogen and oxygen atoms in total. The van der Waals surface area contributed by atoms with Crippen LogP contribution in [0.1, 0.15) is 23.6 Å². The summed E-state index contributed by atoms with van der Waals surface area (Å²) >= 11 is 8.26. The molecule has 3 aromatic rings. The second-order valence-corrected chi connectivity index (χ2v) is 11.4. The van der Waals surface area contributed by atoms with Gasteiger partial charge in [-0.15, -0.1) is 0 Å². The van der Waals surface area contributed by atoms with Crippen LogP contribution in [0.3, 0.4) is 0 Å². The van der Waals surface area contributed by atoms with E-state index in [0.29, 0.717) is 44.0 Å². The maximum atomic E-state index is 12.7. The van der Waals surface area contributed by atoms with Crippen LogP contribution in [0.25, 0.3) is 6.08 Å². The largest absolute Gasteiger partial charge is 0.497 e. The molecular formula is C29H27Br2N3O5S. The molecule has 3 aromatic carbocycles. The van der Waals surface area contributed by atoms with Crippen LogP contribution in [-0.4, -0.2) is 37.3 Å². The van der Waals surface area contributed by atoms with Crippen molar-refractivity contribution < 1.29 is 23.8 Å². The minimum absolute atomic E-state index is 0.220. The van der Waals surface area contributed by atoms with E-state index in [4.69, 9.17) is 14.2 Å². The first-order valence-electron chi connectivity index (χ1n) is 12.3. The molecule has 11 heteroatoms. The second kappa shape index (κ2) is 13.4. The molecule has 1 aliphatic rings. The standard InChI is InChI=1S/C29H27Br2N3O5S/c1-5-38-24-13-18(14-25-28(36)34-29(40-25)32-19-6-8-20(37-4)9-7-19)12-22(31)27(24)39-15-26(35)33-23-11-17(3)16(2)10-21(23)30/h6-14H,5,15H2,1-4H3,(H,33,35)(H,32,34,36)/b25-14+. The molecule has 1 fully saturated rings. The third-order valence-electron chi connectivity index (χ3n) is 5.79. The smallest absolute Gasteiger partial charge is 0.264 e. The number of amidine groups is 1. The molecule has 0 spiro atoms. The number of aryl methyl sites for hydroxylation is 2.